The first-order chi connectivity index (χ1) is 9.92. The minimum Gasteiger partial charge on any atom is -0.399 e. The summed E-state index contributed by atoms with van der Waals surface area (Å²) in [5.41, 5.74) is 6.24. The number of benzene rings is 2. The van der Waals surface area contributed by atoms with Crippen LogP contribution in [0.15, 0.2) is 47.4 Å². The van der Waals surface area contributed by atoms with Gasteiger partial charge in [-0.15, -0.1) is 0 Å². The lowest BCUT2D eigenvalue weighted by Crippen LogP contribution is -2.14. The summed E-state index contributed by atoms with van der Waals surface area (Å²) < 4.78 is 40.0. The molecule has 0 atom stereocenters. The quantitative estimate of drug-likeness (QED) is 0.847. The van der Waals surface area contributed by atoms with Crippen molar-refractivity contribution in [3.8, 4) is 6.07 Å². The summed E-state index contributed by atoms with van der Waals surface area (Å²) in [4.78, 5) is -0.0222. The number of anilines is 2. The molecular weight excluding hydrogens is 293 g/mol. The summed E-state index contributed by atoms with van der Waals surface area (Å²) in [7, 11) is -3.91. The molecule has 0 fully saturated rings. The van der Waals surface area contributed by atoms with Crippen molar-refractivity contribution in [2.45, 2.75) is 11.3 Å². The van der Waals surface area contributed by atoms with E-state index in [1.807, 2.05) is 6.07 Å². The molecule has 5 nitrogen and oxygen atoms in total. The maximum Gasteiger partial charge on any atom is 0.261 e. The maximum absolute atomic E-state index is 13.6. The molecule has 21 heavy (non-hydrogen) atoms. The number of halogens is 1. The van der Waals surface area contributed by atoms with E-state index in [2.05, 4.69) is 4.72 Å². The summed E-state index contributed by atoms with van der Waals surface area (Å²) in [5.74, 6) is -0.714. The molecule has 108 valence electrons. The fraction of sp³-hybridized carbons (Fsp3) is 0.0714. The molecule has 0 unspecified atom stereocenters. The average Bonchev–Trinajstić information content (AvgIpc) is 2.44. The molecule has 2 aromatic carbocycles. The number of nitriles is 1. The second-order valence-corrected chi connectivity index (χ2v) is 6.01. The van der Waals surface area contributed by atoms with Crippen molar-refractivity contribution >= 4 is 21.4 Å². The molecule has 2 aromatic rings. The van der Waals surface area contributed by atoms with Crippen molar-refractivity contribution in [2.24, 2.45) is 0 Å². The Morgan fingerprint density at radius 3 is 2.48 bits per heavy atom. The first kappa shape index (κ1) is 14.8. The molecule has 0 heterocycles. The van der Waals surface area contributed by atoms with Gasteiger partial charge in [-0.1, -0.05) is 12.1 Å². The van der Waals surface area contributed by atoms with Crippen LogP contribution in [0.5, 0.6) is 0 Å². The lowest BCUT2D eigenvalue weighted by molar-refractivity contribution is 0.598. The van der Waals surface area contributed by atoms with Gasteiger partial charge >= 0.3 is 0 Å². The molecule has 0 aliphatic heterocycles. The maximum atomic E-state index is 13.6. The van der Waals surface area contributed by atoms with E-state index in [-0.39, 0.29) is 22.7 Å². The highest BCUT2D eigenvalue weighted by Gasteiger charge is 2.16. The standard InChI is InChI=1S/C14H12FN3O2S/c15-13-6-3-11(17)9-14(13)18-21(19,20)12-4-1-10(2-5-12)7-8-16/h1-6,9,18H,7,17H2. The highest BCUT2D eigenvalue weighted by atomic mass is 32.2. The first-order valence-corrected chi connectivity index (χ1v) is 7.44. The third kappa shape index (κ3) is 3.49. The Balaban J connectivity index is 2.30. The number of rotatable bonds is 4. The van der Waals surface area contributed by atoms with Crippen LogP contribution in [-0.4, -0.2) is 8.42 Å². The smallest absolute Gasteiger partial charge is 0.261 e. The SMILES string of the molecule is N#CCc1ccc(S(=O)(=O)Nc2cc(N)ccc2F)cc1. The van der Waals surface area contributed by atoms with Crippen molar-refractivity contribution in [1.29, 1.82) is 5.26 Å². The van der Waals surface area contributed by atoms with Crippen LogP contribution in [0.1, 0.15) is 5.56 Å². The number of sulfonamides is 1. The third-order valence-corrected chi connectivity index (χ3v) is 4.13. The van der Waals surface area contributed by atoms with Gasteiger partial charge < -0.3 is 5.73 Å². The molecule has 0 aliphatic carbocycles. The summed E-state index contributed by atoms with van der Waals surface area (Å²) >= 11 is 0. The molecule has 0 aromatic heterocycles. The van der Waals surface area contributed by atoms with Crippen molar-refractivity contribution < 1.29 is 12.8 Å². The molecule has 0 radical (unpaired) electrons. The monoisotopic (exact) mass is 305 g/mol. The van der Waals surface area contributed by atoms with Crippen LogP contribution in [0.25, 0.3) is 0 Å². The molecule has 2 rings (SSSR count). The van der Waals surface area contributed by atoms with Gasteiger partial charge in [0.2, 0.25) is 0 Å². The number of nitrogens with zero attached hydrogens (tertiary/aromatic N) is 1. The molecule has 0 amide bonds. The van der Waals surface area contributed by atoms with Gasteiger partial charge in [0.25, 0.3) is 10.0 Å². The number of nitrogens with two attached hydrogens (primary N) is 1. The third-order valence-electron chi connectivity index (χ3n) is 2.75. The number of hydrogen-bond acceptors (Lipinski definition) is 4. The molecule has 3 N–H and O–H groups in total. The van der Waals surface area contributed by atoms with Gasteiger partial charge in [0.1, 0.15) is 5.82 Å². The van der Waals surface area contributed by atoms with Gasteiger partial charge in [0.15, 0.2) is 0 Å². The van der Waals surface area contributed by atoms with Gasteiger partial charge in [-0.3, -0.25) is 4.72 Å². The largest absolute Gasteiger partial charge is 0.399 e. The van der Waals surface area contributed by atoms with Crippen LogP contribution in [0, 0.1) is 17.1 Å². The van der Waals surface area contributed by atoms with Crippen LogP contribution in [0.3, 0.4) is 0 Å². The lowest BCUT2D eigenvalue weighted by Gasteiger charge is -2.10. The molecular formula is C14H12FN3O2S. The summed E-state index contributed by atoms with van der Waals surface area (Å²) in [5, 5.41) is 8.57. The molecule has 0 aliphatic rings. The van der Waals surface area contributed by atoms with Crippen LogP contribution in [0.4, 0.5) is 15.8 Å². The van der Waals surface area contributed by atoms with E-state index in [9.17, 15) is 12.8 Å². The van der Waals surface area contributed by atoms with Gasteiger partial charge in [-0.25, -0.2) is 12.8 Å². The molecule has 0 saturated carbocycles. The minimum absolute atomic E-state index is 0.0222. The highest BCUT2D eigenvalue weighted by Crippen LogP contribution is 2.21. The normalized spacial score (nSPS) is 10.9. The first-order valence-electron chi connectivity index (χ1n) is 5.96. The Morgan fingerprint density at radius 1 is 1.19 bits per heavy atom. The summed E-state index contributed by atoms with van der Waals surface area (Å²) in [6.45, 7) is 0. The Morgan fingerprint density at radius 2 is 1.86 bits per heavy atom. The van der Waals surface area contributed by atoms with E-state index in [4.69, 9.17) is 11.0 Å². The van der Waals surface area contributed by atoms with Crippen molar-refractivity contribution in [2.75, 3.05) is 10.5 Å². The molecule has 0 bridgehead atoms. The summed E-state index contributed by atoms with van der Waals surface area (Å²) in [6, 6.07) is 11.4. The topological polar surface area (TPSA) is 96.0 Å². The second kappa shape index (κ2) is 5.81. The average molecular weight is 305 g/mol. The Hall–Kier alpha value is -2.59. The van der Waals surface area contributed by atoms with Crippen LogP contribution in [-0.2, 0) is 16.4 Å². The van der Waals surface area contributed by atoms with E-state index in [0.29, 0.717) is 5.56 Å². The number of nitrogen functional groups attached to an aromatic ring is 1. The number of nitrogens with one attached hydrogen (secondary N) is 1. The van der Waals surface area contributed by atoms with Gasteiger partial charge in [-0.05, 0) is 35.9 Å². The zero-order valence-electron chi connectivity index (χ0n) is 10.9. The highest BCUT2D eigenvalue weighted by molar-refractivity contribution is 7.92. The molecule has 0 saturated heterocycles. The zero-order chi connectivity index (χ0) is 15.5. The summed E-state index contributed by atoms with van der Waals surface area (Å²) in [6.07, 6.45) is 0.192. The van der Waals surface area contributed by atoms with Crippen LogP contribution < -0.4 is 10.5 Å². The van der Waals surface area contributed by atoms with Gasteiger partial charge in [-0.2, -0.15) is 5.26 Å². The number of hydrogen-bond donors (Lipinski definition) is 2. The van der Waals surface area contributed by atoms with E-state index >= 15 is 0 Å². The van der Waals surface area contributed by atoms with Crippen LogP contribution >= 0.6 is 0 Å². The Kier molecular flexibility index (Phi) is 4.10. The van der Waals surface area contributed by atoms with Crippen LogP contribution in [0.2, 0.25) is 0 Å². The Labute approximate surface area is 121 Å². The fourth-order valence-corrected chi connectivity index (χ4v) is 2.76. The van der Waals surface area contributed by atoms with Crippen molar-refractivity contribution in [3.05, 3.63) is 53.8 Å². The van der Waals surface area contributed by atoms with Crippen molar-refractivity contribution in [1.82, 2.24) is 0 Å². The van der Waals surface area contributed by atoms with E-state index in [1.54, 1.807) is 0 Å². The second-order valence-electron chi connectivity index (χ2n) is 4.32. The van der Waals surface area contributed by atoms with E-state index in [0.717, 1.165) is 6.07 Å². The predicted octanol–water partition coefficient (Wildman–Crippen LogP) is 2.27. The van der Waals surface area contributed by atoms with E-state index in [1.165, 1.54) is 36.4 Å². The zero-order valence-corrected chi connectivity index (χ0v) is 11.7. The van der Waals surface area contributed by atoms with Gasteiger partial charge in [0.05, 0.1) is 23.1 Å². The lowest BCUT2D eigenvalue weighted by atomic mass is 10.2. The Bertz CT molecular complexity index is 796. The van der Waals surface area contributed by atoms with Gasteiger partial charge in [0, 0.05) is 5.69 Å². The molecule has 7 heteroatoms. The fourth-order valence-electron chi connectivity index (χ4n) is 1.70. The van der Waals surface area contributed by atoms with Crippen molar-refractivity contribution in [3.63, 3.8) is 0 Å². The minimum atomic E-state index is -3.91. The predicted molar refractivity (Wildman–Crippen MR) is 77.4 cm³/mol. The molecule has 0 spiro atoms. The van der Waals surface area contributed by atoms with E-state index < -0.39 is 15.8 Å².